The van der Waals surface area contributed by atoms with Gasteiger partial charge in [-0.2, -0.15) is 0 Å². The molecular weight excluding hydrogens is 197 g/mol. The van der Waals surface area contributed by atoms with E-state index in [0.717, 1.165) is 0 Å². The molecule has 2 rings (SSSR count). The van der Waals surface area contributed by atoms with E-state index < -0.39 is 5.41 Å². The van der Waals surface area contributed by atoms with E-state index in [1.807, 2.05) is 0 Å². The molecule has 3 nitrogen and oxygen atoms in total. The maximum Gasteiger partial charge on any atom is 0.237 e. The predicted octanol–water partition coefficient (Wildman–Crippen LogP) is 1.74. The van der Waals surface area contributed by atoms with Gasteiger partial charge in [-0.3, -0.25) is 4.79 Å². The quantitative estimate of drug-likeness (QED) is 0.606. The van der Waals surface area contributed by atoms with E-state index in [9.17, 15) is 14.0 Å². The summed E-state index contributed by atoms with van der Waals surface area (Å²) in [6.45, 7) is 0. The highest BCUT2D eigenvalue weighted by molar-refractivity contribution is 6.07. The molecule has 1 saturated carbocycles. The standard InChI is InChI=1S/C11H10FNO2/c12-8-1-3-9(4-2-8)13-10(15)11(7-14)5-6-11/h1-4,7H,5-6H2,(H,13,15). The normalized spacial score (nSPS) is 16.9. The van der Waals surface area contributed by atoms with Crippen LogP contribution in [-0.4, -0.2) is 12.2 Å². The first-order valence-electron chi connectivity index (χ1n) is 4.70. The molecule has 78 valence electrons. The van der Waals surface area contributed by atoms with Crippen molar-refractivity contribution in [1.82, 2.24) is 0 Å². The first kappa shape index (κ1) is 9.83. The van der Waals surface area contributed by atoms with Gasteiger partial charge in [-0.15, -0.1) is 0 Å². The fourth-order valence-electron chi connectivity index (χ4n) is 1.32. The van der Waals surface area contributed by atoms with E-state index in [2.05, 4.69) is 5.32 Å². The van der Waals surface area contributed by atoms with Crippen LogP contribution in [0, 0.1) is 11.2 Å². The Hall–Kier alpha value is -1.71. The number of hydrogen-bond donors (Lipinski definition) is 1. The Morgan fingerprint density at radius 2 is 1.93 bits per heavy atom. The van der Waals surface area contributed by atoms with Crippen molar-refractivity contribution >= 4 is 17.9 Å². The Morgan fingerprint density at radius 1 is 1.33 bits per heavy atom. The molecule has 0 atom stereocenters. The average molecular weight is 207 g/mol. The number of nitrogens with one attached hydrogen (secondary N) is 1. The highest BCUT2D eigenvalue weighted by Crippen LogP contribution is 2.44. The fourth-order valence-corrected chi connectivity index (χ4v) is 1.32. The van der Waals surface area contributed by atoms with Crippen molar-refractivity contribution < 1.29 is 14.0 Å². The zero-order valence-electron chi connectivity index (χ0n) is 8.00. The lowest BCUT2D eigenvalue weighted by atomic mass is 10.1. The molecule has 0 aliphatic heterocycles. The fraction of sp³-hybridized carbons (Fsp3) is 0.273. The van der Waals surface area contributed by atoms with Gasteiger partial charge >= 0.3 is 0 Å². The number of aldehydes is 1. The van der Waals surface area contributed by atoms with Gasteiger partial charge in [0.25, 0.3) is 0 Å². The van der Waals surface area contributed by atoms with Crippen molar-refractivity contribution in [3.8, 4) is 0 Å². The molecule has 0 saturated heterocycles. The number of carbonyl (C=O) groups is 2. The second-order valence-electron chi connectivity index (χ2n) is 3.74. The minimum absolute atomic E-state index is 0.302. The third kappa shape index (κ3) is 1.88. The Bertz CT molecular complexity index is 396. The first-order valence-corrected chi connectivity index (χ1v) is 4.70. The molecular formula is C11H10FNO2. The zero-order valence-corrected chi connectivity index (χ0v) is 8.00. The summed E-state index contributed by atoms with van der Waals surface area (Å²) in [4.78, 5) is 22.2. The van der Waals surface area contributed by atoms with Gasteiger partial charge in [-0.25, -0.2) is 4.39 Å². The molecule has 1 aliphatic rings. The second kappa shape index (κ2) is 3.46. The summed E-state index contributed by atoms with van der Waals surface area (Å²) < 4.78 is 12.6. The van der Waals surface area contributed by atoms with Crippen LogP contribution >= 0.6 is 0 Å². The predicted molar refractivity (Wildman–Crippen MR) is 52.8 cm³/mol. The summed E-state index contributed by atoms with van der Waals surface area (Å²) in [6.07, 6.45) is 1.89. The molecule has 0 heterocycles. The van der Waals surface area contributed by atoms with Crippen LogP contribution in [0.3, 0.4) is 0 Å². The molecule has 1 aromatic rings. The molecule has 4 heteroatoms. The van der Waals surface area contributed by atoms with Crippen molar-refractivity contribution in [2.24, 2.45) is 5.41 Å². The Labute approximate surface area is 86.3 Å². The van der Waals surface area contributed by atoms with E-state index in [-0.39, 0.29) is 11.7 Å². The molecule has 1 aromatic carbocycles. The topological polar surface area (TPSA) is 46.2 Å². The second-order valence-corrected chi connectivity index (χ2v) is 3.74. The summed E-state index contributed by atoms with van der Waals surface area (Å²) in [5.41, 5.74) is -0.316. The van der Waals surface area contributed by atoms with E-state index in [1.165, 1.54) is 24.3 Å². The van der Waals surface area contributed by atoms with Crippen LogP contribution in [-0.2, 0) is 9.59 Å². The summed E-state index contributed by atoms with van der Waals surface area (Å²) in [6, 6.07) is 5.45. The van der Waals surface area contributed by atoms with Crippen LogP contribution in [0.4, 0.5) is 10.1 Å². The maximum atomic E-state index is 12.6. The van der Waals surface area contributed by atoms with Crippen LogP contribution in [0.1, 0.15) is 12.8 Å². The summed E-state index contributed by atoms with van der Waals surface area (Å²) in [5, 5.41) is 2.59. The zero-order chi connectivity index (χ0) is 10.9. The lowest BCUT2D eigenvalue weighted by Gasteiger charge is -2.08. The van der Waals surface area contributed by atoms with Crippen LogP contribution in [0.15, 0.2) is 24.3 Å². The van der Waals surface area contributed by atoms with E-state index >= 15 is 0 Å². The molecule has 0 radical (unpaired) electrons. The molecule has 1 amide bonds. The highest BCUT2D eigenvalue weighted by atomic mass is 19.1. The van der Waals surface area contributed by atoms with Crippen molar-refractivity contribution in [2.75, 3.05) is 5.32 Å². The van der Waals surface area contributed by atoms with Crippen molar-refractivity contribution in [3.63, 3.8) is 0 Å². The van der Waals surface area contributed by atoms with E-state index in [0.29, 0.717) is 24.8 Å². The van der Waals surface area contributed by atoms with Gasteiger partial charge in [-0.05, 0) is 37.1 Å². The maximum absolute atomic E-state index is 12.6. The molecule has 0 spiro atoms. The summed E-state index contributed by atoms with van der Waals surface area (Å²) in [5.74, 6) is -0.659. The molecule has 0 unspecified atom stereocenters. The van der Waals surface area contributed by atoms with E-state index in [1.54, 1.807) is 0 Å². The van der Waals surface area contributed by atoms with Crippen LogP contribution in [0.25, 0.3) is 0 Å². The third-order valence-corrected chi connectivity index (χ3v) is 2.57. The molecule has 0 bridgehead atoms. The molecule has 1 fully saturated rings. The lowest BCUT2D eigenvalue weighted by Crippen LogP contribution is -2.25. The summed E-state index contributed by atoms with van der Waals surface area (Å²) >= 11 is 0. The average Bonchev–Trinajstić information content (AvgIpc) is 3.02. The molecule has 15 heavy (non-hydrogen) atoms. The Morgan fingerprint density at radius 3 is 2.40 bits per heavy atom. The molecule has 0 aromatic heterocycles. The first-order chi connectivity index (χ1) is 7.16. The van der Waals surface area contributed by atoms with Gasteiger partial charge in [0, 0.05) is 5.69 Å². The van der Waals surface area contributed by atoms with Crippen molar-refractivity contribution in [1.29, 1.82) is 0 Å². The number of hydrogen-bond acceptors (Lipinski definition) is 2. The summed E-state index contributed by atoms with van der Waals surface area (Å²) in [7, 11) is 0. The SMILES string of the molecule is O=CC1(C(=O)Nc2ccc(F)cc2)CC1. The van der Waals surface area contributed by atoms with Crippen LogP contribution < -0.4 is 5.32 Å². The van der Waals surface area contributed by atoms with E-state index in [4.69, 9.17) is 0 Å². The minimum Gasteiger partial charge on any atom is -0.325 e. The van der Waals surface area contributed by atoms with Crippen LogP contribution in [0.2, 0.25) is 0 Å². The minimum atomic E-state index is -0.825. The monoisotopic (exact) mass is 207 g/mol. The number of benzene rings is 1. The smallest absolute Gasteiger partial charge is 0.237 e. The van der Waals surface area contributed by atoms with Gasteiger partial charge in [0.2, 0.25) is 5.91 Å². The number of halogens is 1. The number of rotatable bonds is 3. The Kier molecular flexibility index (Phi) is 2.26. The van der Waals surface area contributed by atoms with Gasteiger partial charge in [0.1, 0.15) is 17.5 Å². The largest absolute Gasteiger partial charge is 0.325 e. The Balaban J connectivity index is 2.06. The van der Waals surface area contributed by atoms with Gasteiger partial charge in [-0.1, -0.05) is 0 Å². The third-order valence-electron chi connectivity index (χ3n) is 2.57. The number of carbonyl (C=O) groups excluding carboxylic acids is 2. The van der Waals surface area contributed by atoms with Crippen molar-refractivity contribution in [3.05, 3.63) is 30.1 Å². The van der Waals surface area contributed by atoms with Gasteiger partial charge in [0.15, 0.2) is 0 Å². The van der Waals surface area contributed by atoms with Crippen LogP contribution in [0.5, 0.6) is 0 Å². The molecule has 1 aliphatic carbocycles. The van der Waals surface area contributed by atoms with Gasteiger partial charge in [0.05, 0.1) is 0 Å². The highest BCUT2D eigenvalue weighted by Gasteiger charge is 2.49. The number of amides is 1. The number of anilines is 1. The van der Waals surface area contributed by atoms with Crippen molar-refractivity contribution in [2.45, 2.75) is 12.8 Å². The van der Waals surface area contributed by atoms with Gasteiger partial charge < -0.3 is 10.1 Å². The molecule has 1 N–H and O–H groups in total. The lowest BCUT2D eigenvalue weighted by molar-refractivity contribution is -0.126.